The Balaban J connectivity index is 1.43. The van der Waals surface area contributed by atoms with E-state index in [0.717, 1.165) is 34.1 Å². The lowest BCUT2D eigenvalue weighted by Gasteiger charge is -2.45. The molecule has 0 aliphatic carbocycles. The van der Waals surface area contributed by atoms with Gasteiger partial charge in [-0.1, -0.05) is 23.4 Å². The standard InChI is InChI=1S/C29H33F3N4O7S2/c1-35(12-15-4-2-3-5-21(15)44)27(40)26(29(41)6-8-42-9-7-29)45-28-25(39)23(24(38)20(14-37)43-28)36-13-19(33-34-36)16-10-17(30)22(32)18(31)11-16/h2-5,10-11,13,20,23-26,28,37-39,41,44H,6-9,12,14H2,1H3/t20-,23+,24+,25-,26-,28+/m1/s1. The molecular formula is C29H33F3N4O7S2. The van der Waals surface area contributed by atoms with Gasteiger partial charge in [-0.15, -0.1) is 29.5 Å². The lowest BCUT2D eigenvalue weighted by Crippen LogP contribution is -2.58. The summed E-state index contributed by atoms with van der Waals surface area (Å²) in [5, 5.41) is 50.9. The first-order valence-electron chi connectivity index (χ1n) is 14.1. The van der Waals surface area contributed by atoms with Gasteiger partial charge in [-0.3, -0.25) is 4.79 Å². The summed E-state index contributed by atoms with van der Waals surface area (Å²) in [6.07, 6.45) is -2.91. The first kappa shape index (κ1) is 33.7. The highest BCUT2D eigenvalue weighted by atomic mass is 32.2. The Labute approximate surface area is 266 Å². The van der Waals surface area contributed by atoms with Gasteiger partial charge in [-0.25, -0.2) is 17.9 Å². The number of carbonyl (C=O) groups is 1. The first-order valence-corrected chi connectivity index (χ1v) is 15.5. The number of amides is 1. The van der Waals surface area contributed by atoms with Crippen LogP contribution in [0.5, 0.6) is 0 Å². The van der Waals surface area contributed by atoms with Crippen LogP contribution in [0.25, 0.3) is 11.3 Å². The highest BCUT2D eigenvalue weighted by Crippen LogP contribution is 2.42. The number of ether oxygens (including phenoxy) is 2. The molecule has 1 amide bonds. The summed E-state index contributed by atoms with van der Waals surface area (Å²) in [7, 11) is 1.58. The number of benzene rings is 2. The Bertz CT molecular complexity index is 1490. The molecule has 4 N–H and O–H groups in total. The second-order valence-electron chi connectivity index (χ2n) is 11.1. The molecule has 3 heterocycles. The van der Waals surface area contributed by atoms with E-state index in [1.807, 2.05) is 18.2 Å². The van der Waals surface area contributed by atoms with E-state index in [1.54, 1.807) is 13.1 Å². The van der Waals surface area contributed by atoms with Gasteiger partial charge in [0.25, 0.3) is 0 Å². The molecule has 1 aromatic heterocycles. The molecule has 2 aliphatic rings. The van der Waals surface area contributed by atoms with Crippen LogP contribution in [0.2, 0.25) is 0 Å². The Hall–Kier alpha value is -2.70. The third-order valence-electron chi connectivity index (χ3n) is 8.06. The van der Waals surface area contributed by atoms with Gasteiger partial charge >= 0.3 is 0 Å². The molecule has 6 atom stereocenters. The molecule has 2 fully saturated rings. The highest BCUT2D eigenvalue weighted by Gasteiger charge is 2.51. The monoisotopic (exact) mass is 670 g/mol. The number of hydrogen-bond acceptors (Lipinski definition) is 11. The first-order chi connectivity index (χ1) is 21.4. The van der Waals surface area contributed by atoms with Crippen molar-refractivity contribution in [2.75, 3.05) is 26.9 Å². The van der Waals surface area contributed by atoms with Crippen LogP contribution in [0.4, 0.5) is 13.2 Å². The van der Waals surface area contributed by atoms with E-state index in [4.69, 9.17) is 9.47 Å². The lowest BCUT2D eigenvalue weighted by atomic mass is 9.89. The smallest absolute Gasteiger partial charge is 0.238 e. The maximum absolute atomic E-state index is 14.0. The van der Waals surface area contributed by atoms with E-state index >= 15 is 0 Å². The fourth-order valence-corrected chi connectivity index (χ4v) is 7.28. The van der Waals surface area contributed by atoms with Gasteiger partial charge in [-0.05, 0) is 23.8 Å². The zero-order valence-electron chi connectivity index (χ0n) is 24.0. The Kier molecular flexibility index (Phi) is 10.4. The number of aromatic nitrogens is 3. The van der Waals surface area contributed by atoms with Crippen LogP contribution in [0.3, 0.4) is 0 Å². The van der Waals surface area contributed by atoms with E-state index in [1.165, 1.54) is 11.1 Å². The van der Waals surface area contributed by atoms with Crippen molar-refractivity contribution in [1.29, 1.82) is 0 Å². The summed E-state index contributed by atoms with van der Waals surface area (Å²) in [6.45, 7) is -0.0914. The van der Waals surface area contributed by atoms with E-state index < -0.39 is 70.6 Å². The fraction of sp³-hybridized carbons (Fsp3) is 0.483. The van der Waals surface area contributed by atoms with Crippen LogP contribution in [0, 0.1) is 17.5 Å². The molecule has 0 spiro atoms. The van der Waals surface area contributed by atoms with Crippen molar-refractivity contribution in [2.24, 2.45) is 0 Å². The molecule has 11 nitrogen and oxygen atoms in total. The lowest BCUT2D eigenvalue weighted by molar-refractivity contribution is -0.179. The summed E-state index contributed by atoms with van der Waals surface area (Å²) in [5.74, 6) is -4.98. The van der Waals surface area contributed by atoms with Gasteiger partial charge in [0.2, 0.25) is 5.91 Å². The van der Waals surface area contributed by atoms with E-state index in [0.29, 0.717) is 4.90 Å². The van der Waals surface area contributed by atoms with Crippen molar-refractivity contribution >= 4 is 30.3 Å². The Morgan fingerprint density at radius 1 is 1.18 bits per heavy atom. The van der Waals surface area contributed by atoms with E-state index in [9.17, 15) is 38.4 Å². The number of aliphatic hydroxyl groups is 4. The second kappa shape index (κ2) is 14.0. The third-order valence-corrected chi connectivity index (χ3v) is 10.1. The minimum absolute atomic E-state index is 0.0842. The van der Waals surface area contributed by atoms with Gasteiger partial charge in [0.1, 0.15) is 40.7 Å². The summed E-state index contributed by atoms with van der Waals surface area (Å²) < 4.78 is 53.6. The number of carbonyl (C=O) groups excluding carboxylic acids is 1. The van der Waals surface area contributed by atoms with Crippen LogP contribution in [-0.4, -0.2) is 108 Å². The molecule has 2 saturated heterocycles. The number of aliphatic hydroxyl groups excluding tert-OH is 3. The van der Waals surface area contributed by atoms with Gasteiger partial charge < -0.3 is 34.8 Å². The maximum Gasteiger partial charge on any atom is 0.238 e. The van der Waals surface area contributed by atoms with Gasteiger partial charge in [-0.2, -0.15) is 0 Å². The number of rotatable bonds is 9. The number of thioether (sulfide) groups is 1. The molecule has 0 unspecified atom stereocenters. The molecule has 45 heavy (non-hydrogen) atoms. The van der Waals surface area contributed by atoms with Crippen molar-refractivity contribution in [3.63, 3.8) is 0 Å². The van der Waals surface area contributed by atoms with Crippen LogP contribution in [-0.2, 0) is 20.8 Å². The number of hydrogen-bond donors (Lipinski definition) is 5. The Morgan fingerprint density at radius 2 is 1.84 bits per heavy atom. The number of nitrogens with zero attached hydrogens (tertiary/aromatic N) is 4. The maximum atomic E-state index is 14.0. The summed E-state index contributed by atoms with van der Waals surface area (Å²) in [6, 6.07) is 7.40. The topological polar surface area (TPSA) is 150 Å². The molecule has 5 rings (SSSR count). The minimum atomic E-state index is -1.65. The highest BCUT2D eigenvalue weighted by molar-refractivity contribution is 8.01. The Morgan fingerprint density at radius 3 is 2.49 bits per heavy atom. The van der Waals surface area contributed by atoms with Crippen LogP contribution in [0.15, 0.2) is 47.5 Å². The second-order valence-corrected chi connectivity index (χ2v) is 12.8. The predicted molar refractivity (Wildman–Crippen MR) is 159 cm³/mol. The molecule has 0 radical (unpaired) electrons. The normalized spacial score (nSPS) is 25.6. The number of thiol groups is 1. The van der Waals surface area contributed by atoms with Gasteiger partial charge in [0.05, 0.1) is 18.4 Å². The average Bonchev–Trinajstić information content (AvgIpc) is 3.50. The third kappa shape index (κ3) is 7.02. The largest absolute Gasteiger partial charge is 0.394 e. The number of halogens is 3. The summed E-state index contributed by atoms with van der Waals surface area (Å²) >= 11 is 5.31. The molecule has 2 aromatic carbocycles. The van der Waals surface area contributed by atoms with Crippen molar-refractivity contribution in [3.8, 4) is 11.3 Å². The fourth-order valence-electron chi connectivity index (χ4n) is 5.46. The van der Waals surface area contributed by atoms with Crippen LogP contribution >= 0.6 is 24.4 Å². The van der Waals surface area contributed by atoms with Gasteiger partial charge in [0, 0.05) is 50.1 Å². The van der Waals surface area contributed by atoms with Gasteiger partial charge in [0.15, 0.2) is 17.5 Å². The molecular weight excluding hydrogens is 637 g/mol. The summed E-state index contributed by atoms with van der Waals surface area (Å²) in [4.78, 5) is 16.1. The van der Waals surface area contributed by atoms with Crippen molar-refractivity contribution < 1.29 is 47.9 Å². The van der Waals surface area contributed by atoms with Crippen LogP contribution in [0.1, 0.15) is 24.4 Å². The zero-order chi connectivity index (χ0) is 32.5. The molecule has 0 saturated carbocycles. The molecule has 16 heteroatoms. The molecule has 2 aliphatic heterocycles. The predicted octanol–water partition coefficient (Wildman–Crippen LogP) is 1.93. The average molecular weight is 671 g/mol. The molecule has 3 aromatic rings. The molecule has 0 bridgehead atoms. The van der Waals surface area contributed by atoms with Crippen molar-refractivity contribution in [1.82, 2.24) is 19.9 Å². The van der Waals surface area contributed by atoms with E-state index in [-0.39, 0.29) is 43.9 Å². The van der Waals surface area contributed by atoms with Crippen LogP contribution < -0.4 is 0 Å². The van der Waals surface area contributed by atoms with E-state index in [2.05, 4.69) is 22.9 Å². The van der Waals surface area contributed by atoms with Crippen molar-refractivity contribution in [2.45, 2.75) is 64.9 Å². The zero-order valence-corrected chi connectivity index (χ0v) is 25.8. The summed E-state index contributed by atoms with van der Waals surface area (Å²) in [5.41, 5.74) is -2.26. The van der Waals surface area contributed by atoms with Crippen molar-refractivity contribution in [3.05, 3.63) is 65.6 Å². The SMILES string of the molecule is CN(Cc1ccccc1S)C(=O)[C@@H](S[C@@H]1O[C@H](CO)[C@H](O)[C@H](n2cc(-c3cc(F)c(F)c(F)c3)nn2)[C@H]1O)C1(O)CCOCC1. The molecule has 244 valence electrons. The quantitative estimate of drug-likeness (QED) is 0.169. The minimum Gasteiger partial charge on any atom is -0.394 e.